The van der Waals surface area contributed by atoms with Gasteiger partial charge in [0.05, 0.1) is 17.2 Å². The van der Waals surface area contributed by atoms with E-state index in [0.717, 1.165) is 21.2 Å². The van der Waals surface area contributed by atoms with Crippen molar-refractivity contribution in [2.24, 2.45) is 11.3 Å². The summed E-state index contributed by atoms with van der Waals surface area (Å²) in [6.45, 7) is 11.3. The lowest BCUT2D eigenvalue weighted by atomic mass is 9.66. The topological polar surface area (TPSA) is 90.3 Å². The number of nitrogens with zero attached hydrogens (tertiary/aromatic N) is 1. The number of piperidine rings is 1. The monoisotopic (exact) mass is 733 g/mol. The van der Waals surface area contributed by atoms with Crippen LogP contribution in [0.25, 0.3) is 0 Å². The fourth-order valence-electron chi connectivity index (χ4n) is 6.24. The van der Waals surface area contributed by atoms with Crippen LogP contribution in [0.2, 0.25) is 10.0 Å². The van der Waals surface area contributed by atoms with Crippen molar-refractivity contribution < 1.29 is 13.8 Å². The van der Waals surface area contributed by atoms with Crippen LogP contribution in [0.15, 0.2) is 71.2 Å². The molecule has 2 amide bonds. The van der Waals surface area contributed by atoms with Gasteiger partial charge < -0.3 is 10.2 Å². The molecule has 1 fully saturated rings. The Balaban J connectivity index is 1.88. The molecular formula is C35H42BrCl2N3O3S. The molecule has 1 unspecified atom stereocenters. The normalized spacial score (nSPS) is 22.4. The Hall–Kier alpha value is -2.39. The zero-order valence-corrected chi connectivity index (χ0v) is 30.5. The van der Waals surface area contributed by atoms with E-state index in [1.807, 2.05) is 99.3 Å². The van der Waals surface area contributed by atoms with E-state index in [1.165, 1.54) is 0 Å². The van der Waals surface area contributed by atoms with E-state index in [2.05, 4.69) is 21.2 Å². The summed E-state index contributed by atoms with van der Waals surface area (Å²) >= 11 is 16.4. The van der Waals surface area contributed by atoms with Gasteiger partial charge in [-0.25, -0.2) is 4.21 Å². The Morgan fingerprint density at radius 2 is 1.69 bits per heavy atom. The Kier molecular flexibility index (Phi) is 11.2. The van der Waals surface area contributed by atoms with E-state index >= 15 is 0 Å². The predicted molar refractivity (Wildman–Crippen MR) is 190 cm³/mol. The molecule has 0 bridgehead atoms. The van der Waals surface area contributed by atoms with Gasteiger partial charge >= 0.3 is 0 Å². The fourth-order valence-corrected chi connectivity index (χ4v) is 8.37. The minimum Gasteiger partial charge on any atom is -0.330 e. The first-order valence-corrected chi connectivity index (χ1v) is 18.5. The largest absolute Gasteiger partial charge is 0.330 e. The number of benzene rings is 3. The molecule has 3 aromatic carbocycles. The third-order valence-electron chi connectivity index (χ3n) is 8.99. The summed E-state index contributed by atoms with van der Waals surface area (Å²) in [4.78, 5) is 30.5. The van der Waals surface area contributed by atoms with Crippen LogP contribution in [0, 0.1) is 23.0 Å². The molecule has 1 heterocycles. The van der Waals surface area contributed by atoms with Crippen molar-refractivity contribution in [1.29, 1.82) is 4.78 Å². The van der Waals surface area contributed by atoms with Crippen LogP contribution in [-0.4, -0.2) is 38.0 Å². The lowest BCUT2D eigenvalue weighted by Crippen LogP contribution is -2.59. The van der Waals surface area contributed by atoms with Gasteiger partial charge in [-0.1, -0.05) is 104 Å². The lowest BCUT2D eigenvalue weighted by Gasteiger charge is -2.53. The number of nitrogens with one attached hydrogen (secondary N) is 2. The van der Waals surface area contributed by atoms with Crippen molar-refractivity contribution >= 4 is 66.4 Å². The minimum atomic E-state index is -3.05. The Morgan fingerprint density at radius 3 is 2.29 bits per heavy atom. The number of hydrogen-bond donors (Lipinski definition) is 2. The molecule has 2 N–H and O–H groups in total. The van der Waals surface area contributed by atoms with Crippen molar-refractivity contribution in [2.45, 2.75) is 77.6 Å². The molecule has 45 heavy (non-hydrogen) atoms. The highest BCUT2D eigenvalue weighted by atomic mass is 79.9. The van der Waals surface area contributed by atoms with Gasteiger partial charge in [0, 0.05) is 53.6 Å². The van der Waals surface area contributed by atoms with Crippen molar-refractivity contribution in [2.75, 3.05) is 11.1 Å². The average molecular weight is 736 g/mol. The summed E-state index contributed by atoms with van der Waals surface area (Å²) in [5.74, 6) is -0.807. The number of carbonyl (C=O) groups excluding carboxylic acids is 2. The van der Waals surface area contributed by atoms with E-state index < -0.39 is 27.2 Å². The van der Waals surface area contributed by atoms with Crippen LogP contribution in [-0.2, 0) is 19.3 Å². The van der Waals surface area contributed by atoms with Crippen LogP contribution < -0.4 is 5.32 Å². The highest BCUT2D eigenvalue weighted by molar-refractivity contribution is 9.10. The van der Waals surface area contributed by atoms with Crippen LogP contribution >= 0.6 is 39.1 Å². The molecule has 5 atom stereocenters. The Bertz CT molecular complexity index is 1660. The number of likely N-dealkylation sites (tertiary alicyclic amines) is 1. The van der Waals surface area contributed by atoms with Gasteiger partial charge in [-0.3, -0.25) is 14.4 Å². The van der Waals surface area contributed by atoms with E-state index in [1.54, 1.807) is 13.8 Å². The van der Waals surface area contributed by atoms with Gasteiger partial charge in [0.25, 0.3) is 0 Å². The minimum absolute atomic E-state index is 0.0277. The first-order valence-electron chi connectivity index (χ1n) is 15.2. The van der Waals surface area contributed by atoms with Crippen LogP contribution in [0.5, 0.6) is 0 Å². The summed E-state index contributed by atoms with van der Waals surface area (Å²) in [6.07, 6.45) is 0.329. The number of halogens is 3. The maximum absolute atomic E-state index is 15.0. The second-order valence-electron chi connectivity index (χ2n) is 13.0. The quantitative estimate of drug-likeness (QED) is 0.217. The Labute approximate surface area is 286 Å². The number of carbonyl (C=O) groups is 2. The summed E-state index contributed by atoms with van der Waals surface area (Å²) < 4.78 is 23.3. The van der Waals surface area contributed by atoms with Crippen LogP contribution in [0.3, 0.4) is 0 Å². The second kappa shape index (κ2) is 14.2. The molecule has 0 aliphatic carbocycles. The van der Waals surface area contributed by atoms with Gasteiger partial charge in [-0.15, -0.1) is 0 Å². The molecule has 3 aromatic rings. The van der Waals surface area contributed by atoms with Gasteiger partial charge in [-0.05, 0) is 72.4 Å². The first kappa shape index (κ1) is 35.5. The number of anilines is 1. The van der Waals surface area contributed by atoms with Gasteiger partial charge in [-0.2, -0.15) is 0 Å². The lowest BCUT2D eigenvalue weighted by molar-refractivity contribution is -0.157. The van der Waals surface area contributed by atoms with Gasteiger partial charge in [0.1, 0.15) is 0 Å². The van der Waals surface area contributed by atoms with Crippen molar-refractivity contribution in [3.8, 4) is 0 Å². The number of hydrogen-bond acceptors (Lipinski definition) is 4. The maximum Gasteiger partial charge on any atom is 0.229 e. The van der Waals surface area contributed by atoms with Gasteiger partial charge in [0.2, 0.25) is 11.8 Å². The first-order chi connectivity index (χ1) is 21.0. The highest BCUT2D eigenvalue weighted by Gasteiger charge is 2.53. The van der Waals surface area contributed by atoms with Gasteiger partial charge in [0.15, 0.2) is 0 Å². The Morgan fingerprint density at radius 1 is 1.04 bits per heavy atom. The number of amides is 2. The van der Waals surface area contributed by atoms with Crippen molar-refractivity contribution in [3.05, 3.63) is 97.9 Å². The van der Waals surface area contributed by atoms with E-state index in [-0.39, 0.29) is 41.1 Å². The molecule has 4 rings (SSSR count). The molecular weight excluding hydrogens is 693 g/mol. The molecule has 6 nitrogen and oxygen atoms in total. The van der Waals surface area contributed by atoms with Crippen molar-refractivity contribution in [3.63, 3.8) is 0 Å². The SMILES string of the molecule is Cc1c(Br)cccc1NC(=O)C[C@@]1(C)C[C@H](c2cccc(Cl)c2)[C@@H](c2ccc(Cl)cc2)N([C@H](CS(=N)(=O)C(C)C)C(C)C)C1=O. The molecule has 0 spiro atoms. The van der Waals surface area contributed by atoms with E-state index in [9.17, 15) is 13.8 Å². The zero-order valence-electron chi connectivity index (χ0n) is 26.6. The molecule has 1 aliphatic rings. The maximum atomic E-state index is 15.0. The fraction of sp³-hybridized carbons (Fsp3) is 0.429. The molecule has 0 aromatic heterocycles. The highest BCUT2D eigenvalue weighted by Crippen LogP contribution is 2.52. The van der Waals surface area contributed by atoms with E-state index in [0.29, 0.717) is 22.2 Å². The van der Waals surface area contributed by atoms with Crippen molar-refractivity contribution in [1.82, 2.24) is 4.90 Å². The number of rotatable bonds is 10. The summed E-state index contributed by atoms with van der Waals surface area (Å²) in [6, 6.07) is 19.7. The summed E-state index contributed by atoms with van der Waals surface area (Å²) in [5.41, 5.74) is 2.28. The standard InChI is InChI=1S/C35H42BrCl2N3O3S/c1-21(2)31(20-45(39,44)22(3)4)41-33(24-13-15-26(37)16-14-24)28(25-9-7-10-27(38)17-25)18-35(6,34(41)43)19-32(42)40-30-12-8-11-29(36)23(30)5/h7-17,21-22,28,31,33,39H,18-20H2,1-6H3,(H,40,42)/t28-,31-,33-,35-,45?/m1/s1. The van der Waals surface area contributed by atoms with Crippen LogP contribution in [0.1, 0.15) is 76.1 Å². The third-order valence-corrected chi connectivity index (χ3v) is 12.7. The second-order valence-corrected chi connectivity index (χ2v) is 17.5. The predicted octanol–water partition coefficient (Wildman–Crippen LogP) is 9.64. The molecule has 0 saturated carbocycles. The summed E-state index contributed by atoms with van der Waals surface area (Å²) in [5, 5.41) is 3.79. The molecule has 1 saturated heterocycles. The third kappa shape index (κ3) is 7.95. The average Bonchev–Trinajstić information content (AvgIpc) is 2.96. The smallest absolute Gasteiger partial charge is 0.229 e. The molecule has 1 aliphatic heterocycles. The van der Waals surface area contributed by atoms with Crippen LogP contribution in [0.4, 0.5) is 5.69 Å². The summed E-state index contributed by atoms with van der Waals surface area (Å²) in [7, 11) is -3.05. The zero-order chi connectivity index (χ0) is 33.3. The molecule has 10 heteroatoms. The molecule has 242 valence electrons. The molecule has 0 radical (unpaired) electrons. The van der Waals surface area contributed by atoms with E-state index in [4.69, 9.17) is 28.0 Å².